The highest BCUT2D eigenvalue weighted by atomic mass is 19.1. The first-order valence-corrected chi connectivity index (χ1v) is 2.61. The molecule has 1 radical (unpaired) electrons. The first-order valence-electron chi connectivity index (χ1n) is 2.61. The molecule has 0 aliphatic heterocycles. The minimum Gasteiger partial charge on any atom is -0.269 e. The monoisotopic (exact) mass is 165 g/mol. The molecule has 0 saturated carbocycles. The van der Waals surface area contributed by atoms with Crippen LogP contribution in [0.5, 0.6) is 0 Å². The zero-order chi connectivity index (χ0) is 6.85. The van der Waals surface area contributed by atoms with Gasteiger partial charge in [0, 0.05) is 6.07 Å². The van der Waals surface area contributed by atoms with Gasteiger partial charge in [0.1, 0.15) is 11.6 Å². The van der Waals surface area contributed by atoms with Crippen molar-refractivity contribution >= 4 is 0 Å². The van der Waals surface area contributed by atoms with E-state index in [0.29, 0.717) is 5.56 Å². The molecule has 0 aromatic heterocycles. The van der Waals surface area contributed by atoms with Crippen LogP contribution in [-0.2, 0) is 0 Å². The standard InChI is InChI=1S/C7H6F2.FH.HO/c1-5-2-6(8)4-7(9)3-5;;/h2-4H,1H3;2*1H. The van der Waals surface area contributed by atoms with Crippen LogP contribution in [0.15, 0.2) is 18.2 Å². The van der Waals surface area contributed by atoms with Crippen molar-refractivity contribution < 1.29 is 19.0 Å². The highest BCUT2D eigenvalue weighted by Crippen LogP contribution is 2.05. The van der Waals surface area contributed by atoms with Crippen molar-refractivity contribution in [2.24, 2.45) is 0 Å². The number of hydrogen-bond acceptors (Lipinski definition) is 0. The Morgan fingerprint density at radius 3 is 1.64 bits per heavy atom. The fourth-order valence-electron chi connectivity index (χ4n) is 0.692. The van der Waals surface area contributed by atoms with Gasteiger partial charge in [0.15, 0.2) is 0 Å². The molecule has 1 nitrogen and oxygen atoms in total. The third-order valence-electron chi connectivity index (χ3n) is 1.01. The zero-order valence-corrected chi connectivity index (χ0v) is 5.84. The molecule has 1 aromatic rings. The van der Waals surface area contributed by atoms with Crippen LogP contribution in [-0.4, -0.2) is 5.48 Å². The van der Waals surface area contributed by atoms with Gasteiger partial charge in [0.25, 0.3) is 0 Å². The minimum atomic E-state index is -0.521. The first kappa shape index (κ1) is 12.6. The first-order chi connectivity index (χ1) is 4.18. The fourth-order valence-corrected chi connectivity index (χ4v) is 0.692. The summed E-state index contributed by atoms with van der Waals surface area (Å²) in [6.07, 6.45) is 0. The fraction of sp³-hybridized carbons (Fsp3) is 0.143. The van der Waals surface area contributed by atoms with Crippen molar-refractivity contribution in [1.29, 1.82) is 0 Å². The van der Waals surface area contributed by atoms with Crippen LogP contribution >= 0.6 is 0 Å². The summed E-state index contributed by atoms with van der Waals surface area (Å²) in [5.74, 6) is -1.04. The van der Waals surface area contributed by atoms with Gasteiger partial charge in [0.05, 0.1) is 0 Å². The summed E-state index contributed by atoms with van der Waals surface area (Å²) >= 11 is 0. The lowest BCUT2D eigenvalue weighted by Crippen LogP contribution is -1.80. The lowest BCUT2D eigenvalue weighted by molar-refractivity contribution is 0.581. The summed E-state index contributed by atoms with van der Waals surface area (Å²) < 4.78 is 24.4. The molecule has 0 fully saturated rings. The van der Waals surface area contributed by atoms with Crippen molar-refractivity contribution in [3.63, 3.8) is 0 Å². The van der Waals surface area contributed by atoms with Crippen molar-refractivity contribution in [3.8, 4) is 0 Å². The van der Waals surface area contributed by atoms with Crippen LogP contribution < -0.4 is 0 Å². The Balaban J connectivity index is 0. The summed E-state index contributed by atoms with van der Waals surface area (Å²) in [7, 11) is 0. The number of halogens is 3. The van der Waals surface area contributed by atoms with Crippen LogP contribution in [0.1, 0.15) is 5.56 Å². The van der Waals surface area contributed by atoms with Crippen molar-refractivity contribution in [1.82, 2.24) is 0 Å². The average Bonchev–Trinajstić information content (AvgIpc) is 1.59. The molecule has 1 N–H and O–H groups in total. The number of aryl methyl sites for hydroxylation is 1. The van der Waals surface area contributed by atoms with E-state index in [-0.39, 0.29) is 10.2 Å². The summed E-state index contributed by atoms with van der Waals surface area (Å²) in [5, 5.41) is 0. The van der Waals surface area contributed by atoms with Gasteiger partial charge in [-0.3, -0.25) is 10.2 Å². The molecule has 0 atom stereocenters. The Bertz CT molecular complexity index is 174. The van der Waals surface area contributed by atoms with Crippen LogP contribution in [0.3, 0.4) is 0 Å². The molecule has 11 heavy (non-hydrogen) atoms. The third-order valence-corrected chi connectivity index (χ3v) is 1.01. The Morgan fingerprint density at radius 1 is 1.00 bits per heavy atom. The SMILES string of the molecule is Cc1cc(F)cc(F)c1.F.[OH]. The molecule has 0 saturated heterocycles. The zero-order valence-electron chi connectivity index (χ0n) is 5.84. The van der Waals surface area contributed by atoms with Crippen LogP contribution in [0, 0.1) is 18.6 Å². The topological polar surface area (TPSA) is 30.0 Å². The van der Waals surface area contributed by atoms with E-state index in [2.05, 4.69) is 0 Å². The van der Waals surface area contributed by atoms with E-state index in [1.807, 2.05) is 0 Å². The normalized spacial score (nSPS) is 7.91. The number of rotatable bonds is 0. The maximum absolute atomic E-state index is 12.2. The van der Waals surface area contributed by atoms with Gasteiger partial charge < -0.3 is 0 Å². The smallest absolute Gasteiger partial charge is 0.126 e. The van der Waals surface area contributed by atoms with Gasteiger partial charge in [-0.2, -0.15) is 0 Å². The van der Waals surface area contributed by atoms with Crippen molar-refractivity contribution in [3.05, 3.63) is 35.4 Å². The van der Waals surface area contributed by atoms with E-state index >= 15 is 0 Å². The Hall–Kier alpha value is -1.03. The number of hydrogen-bond donors (Lipinski definition) is 1. The molecule has 4 heteroatoms. The van der Waals surface area contributed by atoms with E-state index in [0.717, 1.165) is 6.07 Å². The molecular formula is C7H8F3O. The highest BCUT2D eigenvalue weighted by molar-refractivity contribution is 5.15. The van der Waals surface area contributed by atoms with Gasteiger partial charge >= 0.3 is 0 Å². The largest absolute Gasteiger partial charge is 0.269 e. The Kier molecular flexibility index (Phi) is 5.44. The van der Waals surface area contributed by atoms with Gasteiger partial charge in [-0.15, -0.1) is 0 Å². The maximum Gasteiger partial charge on any atom is 0.126 e. The summed E-state index contributed by atoms with van der Waals surface area (Å²) in [5.41, 5.74) is 0.604. The molecule has 1 aromatic carbocycles. The van der Waals surface area contributed by atoms with E-state index in [4.69, 9.17) is 0 Å². The maximum atomic E-state index is 12.2. The lowest BCUT2D eigenvalue weighted by atomic mass is 10.2. The quantitative estimate of drug-likeness (QED) is 0.611. The second-order valence-electron chi connectivity index (χ2n) is 1.95. The summed E-state index contributed by atoms with van der Waals surface area (Å²) in [6.45, 7) is 1.64. The highest BCUT2D eigenvalue weighted by Gasteiger charge is 1.93. The van der Waals surface area contributed by atoms with Crippen molar-refractivity contribution in [2.75, 3.05) is 0 Å². The molecule has 0 aliphatic carbocycles. The predicted octanol–water partition coefficient (Wildman–Crippen LogP) is 2.25. The summed E-state index contributed by atoms with van der Waals surface area (Å²) in [6, 6.07) is 3.42. The Labute approximate surface area is 62.3 Å². The van der Waals surface area contributed by atoms with Crippen LogP contribution in [0.4, 0.5) is 13.5 Å². The molecule has 1 rings (SSSR count). The Morgan fingerprint density at radius 2 is 1.36 bits per heavy atom. The molecule has 0 unspecified atom stereocenters. The van der Waals surface area contributed by atoms with Gasteiger partial charge in [-0.05, 0) is 24.6 Å². The molecule has 0 heterocycles. The second kappa shape index (κ2) is 4.73. The average molecular weight is 165 g/mol. The molecule has 0 amide bonds. The van der Waals surface area contributed by atoms with Crippen LogP contribution in [0.25, 0.3) is 0 Å². The molecular weight excluding hydrogens is 157 g/mol. The molecule has 63 valence electrons. The van der Waals surface area contributed by atoms with Gasteiger partial charge in [-0.25, -0.2) is 8.78 Å². The van der Waals surface area contributed by atoms with E-state index in [1.54, 1.807) is 6.92 Å². The second-order valence-corrected chi connectivity index (χ2v) is 1.95. The molecule has 0 aliphatic rings. The van der Waals surface area contributed by atoms with Crippen LogP contribution in [0.2, 0.25) is 0 Å². The molecule has 0 spiro atoms. The van der Waals surface area contributed by atoms with Crippen molar-refractivity contribution in [2.45, 2.75) is 6.92 Å². The van der Waals surface area contributed by atoms with E-state index in [1.165, 1.54) is 12.1 Å². The third kappa shape index (κ3) is 3.62. The number of benzene rings is 1. The minimum absolute atomic E-state index is 0. The van der Waals surface area contributed by atoms with Gasteiger partial charge in [-0.1, -0.05) is 0 Å². The predicted molar refractivity (Wildman–Crippen MR) is 35.5 cm³/mol. The van der Waals surface area contributed by atoms with E-state index in [9.17, 15) is 8.78 Å². The summed E-state index contributed by atoms with van der Waals surface area (Å²) in [4.78, 5) is 0. The lowest BCUT2D eigenvalue weighted by Gasteiger charge is -1.91. The van der Waals surface area contributed by atoms with Gasteiger partial charge in [0.2, 0.25) is 0 Å². The van der Waals surface area contributed by atoms with E-state index < -0.39 is 11.6 Å². The molecule has 0 bridgehead atoms.